The number of rotatable bonds is 11. The number of ether oxygens (including phenoxy) is 10. The van der Waals surface area contributed by atoms with Crippen LogP contribution in [0.4, 0.5) is 0 Å². The molecular formula is C50H82O23. The van der Waals surface area contributed by atoms with E-state index in [1.54, 1.807) is 0 Å². The zero-order valence-corrected chi connectivity index (χ0v) is 42.0. The predicted molar refractivity (Wildman–Crippen MR) is 244 cm³/mol. The van der Waals surface area contributed by atoms with Gasteiger partial charge in [-0.1, -0.05) is 27.7 Å². The summed E-state index contributed by atoms with van der Waals surface area (Å²) in [4.78, 5) is 0. The van der Waals surface area contributed by atoms with Gasteiger partial charge in [0.05, 0.1) is 51.3 Å². The summed E-state index contributed by atoms with van der Waals surface area (Å²) < 4.78 is 61.2. The molecule has 10 aliphatic rings. The van der Waals surface area contributed by atoms with Crippen molar-refractivity contribution in [2.45, 2.75) is 226 Å². The molecule has 0 aromatic rings. The van der Waals surface area contributed by atoms with E-state index in [4.69, 9.17) is 47.4 Å². The molecule has 6 saturated heterocycles. The van der Waals surface area contributed by atoms with Gasteiger partial charge in [-0.25, -0.2) is 0 Å². The van der Waals surface area contributed by atoms with Crippen molar-refractivity contribution < 1.29 is 114 Å². The Morgan fingerprint density at radius 3 is 1.81 bits per heavy atom. The van der Waals surface area contributed by atoms with Crippen molar-refractivity contribution in [3.8, 4) is 0 Å². The van der Waals surface area contributed by atoms with Crippen molar-refractivity contribution in [2.24, 2.45) is 52.3 Å². The second-order valence-electron chi connectivity index (χ2n) is 24.0. The van der Waals surface area contributed by atoms with Gasteiger partial charge in [-0.3, -0.25) is 0 Å². The molecule has 32 unspecified atom stereocenters. The van der Waals surface area contributed by atoms with Gasteiger partial charge in [0.15, 0.2) is 30.9 Å². The van der Waals surface area contributed by atoms with Crippen LogP contribution in [0.25, 0.3) is 0 Å². The van der Waals surface area contributed by atoms with Gasteiger partial charge in [0.2, 0.25) is 0 Å². The number of fused-ring (bicyclic) bond motifs is 7. The van der Waals surface area contributed by atoms with Crippen LogP contribution in [-0.2, 0) is 47.4 Å². The third-order valence-electron chi connectivity index (χ3n) is 20.0. The zero-order chi connectivity index (χ0) is 52.2. The molecule has 10 fully saturated rings. The molecule has 0 aromatic heterocycles. The molecule has 4 saturated carbocycles. The molecule has 0 amide bonds. The van der Waals surface area contributed by atoms with Gasteiger partial charge in [-0.2, -0.15) is 0 Å². The van der Waals surface area contributed by atoms with E-state index in [-0.39, 0.29) is 28.8 Å². The summed E-state index contributed by atoms with van der Waals surface area (Å²) in [6.07, 6.45) is -26.8. The standard InChI is InChI=1S/C50H82O23/c1-19-5-10-50(65-17-19)20(2)32-28(73-50)13-24-22-12-26(54)25-11-21(6-8-48(25,3)23(22)7-9-49(24,32)4)66-45-40(63)37(60)41(31(16-53)69-45)70-47-43(72-46-39(62)36(59)34(57)29(14-51)67-46)42(35(58)30(15-52)68-47)71-44-38(61)33(56)27(55)18-64-44/h19-47,51-63H,5-18H2,1-4H3. The van der Waals surface area contributed by atoms with E-state index in [2.05, 4.69) is 27.7 Å². The normalized spacial score (nSPS) is 58.2. The summed E-state index contributed by atoms with van der Waals surface area (Å²) in [6.45, 7) is 7.00. The molecule has 0 radical (unpaired) electrons. The van der Waals surface area contributed by atoms with Crippen molar-refractivity contribution in [3.63, 3.8) is 0 Å². The Morgan fingerprint density at radius 1 is 0.493 bits per heavy atom. The molecule has 0 aromatic carbocycles. The van der Waals surface area contributed by atoms with Gasteiger partial charge in [-0.15, -0.1) is 0 Å². The molecule has 23 heteroatoms. The summed E-state index contributed by atoms with van der Waals surface area (Å²) in [5, 5.41) is 141. The van der Waals surface area contributed by atoms with Crippen molar-refractivity contribution in [3.05, 3.63) is 0 Å². The topological polar surface area (TPSA) is 355 Å². The highest BCUT2D eigenvalue weighted by Gasteiger charge is 2.70. The molecule has 4 aliphatic carbocycles. The Labute approximate surface area is 424 Å². The van der Waals surface area contributed by atoms with Gasteiger partial charge in [0, 0.05) is 12.3 Å². The third-order valence-corrected chi connectivity index (χ3v) is 20.0. The fraction of sp³-hybridized carbons (Fsp3) is 1.00. The predicted octanol–water partition coefficient (Wildman–Crippen LogP) is -3.30. The summed E-state index contributed by atoms with van der Waals surface area (Å²) in [5.41, 5.74) is -0.111. The minimum Gasteiger partial charge on any atom is -0.394 e. The van der Waals surface area contributed by atoms with E-state index in [1.165, 1.54) is 0 Å². The molecule has 32 atom stereocenters. The van der Waals surface area contributed by atoms with Gasteiger partial charge < -0.3 is 114 Å². The fourth-order valence-electron chi connectivity index (χ4n) is 15.9. The third kappa shape index (κ3) is 9.49. The Kier molecular flexibility index (Phi) is 16.1. The van der Waals surface area contributed by atoms with Crippen LogP contribution in [0.1, 0.15) is 85.5 Å². The molecule has 420 valence electrons. The Morgan fingerprint density at radius 2 is 1.11 bits per heavy atom. The molecule has 6 heterocycles. The van der Waals surface area contributed by atoms with Crippen LogP contribution in [0, 0.1) is 52.3 Å². The Hall–Kier alpha value is -0.920. The van der Waals surface area contributed by atoms with E-state index >= 15 is 0 Å². The van der Waals surface area contributed by atoms with E-state index in [0.717, 1.165) is 45.1 Å². The van der Waals surface area contributed by atoms with Gasteiger partial charge >= 0.3 is 0 Å². The maximum atomic E-state index is 12.1. The van der Waals surface area contributed by atoms with Crippen molar-refractivity contribution in [1.29, 1.82) is 0 Å². The smallest absolute Gasteiger partial charge is 0.187 e. The minimum atomic E-state index is -2.01. The monoisotopic (exact) mass is 1050 g/mol. The fourth-order valence-corrected chi connectivity index (χ4v) is 15.9. The molecule has 6 aliphatic heterocycles. The van der Waals surface area contributed by atoms with Crippen LogP contribution in [-0.4, -0.2) is 240 Å². The lowest BCUT2D eigenvalue weighted by atomic mass is 9.43. The highest BCUT2D eigenvalue weighted by molar-refractivity contribution is 5.16. The van der Waals surface area contributed by atoms with Crippen molar-refractivity contribution >= 4 is 0 Å². The van der Waals surface area contributed by atoms with E-state index in [0.29, 0.717) is 48.9 Å². The van der Waals surface area contributed by atoms with Crippen molar-refractivity contribution in [2.75, 3.05) is 33.0 Å². The molecule has 13 N–H and O–H groups in total. The lowest BCUT2D eigenvalue weighted by molar-refractivity contribution is -0.404. The van der Waals surface area contributed by atoms with Crippen LogP contribution < -0.4 is 0 Å². The average molecular weight is 1050 g/mol. The van der Waals surface area contributed by atoms with E-state index in [9.17, 15) is 66.4 Å². The minimum absolute atomic E-state index is 0.0758. The summed E-state index contributed by atoms with van der Waals surface area (Å²) in [7, 11) is 0. The molecule has 1 spiro atoms. The first kappa shape index (κ1) is 55.4. The van der Waals surface area contributed by atoms with E-state index in [1.807, 2.05) is 0 Å². The van der Waals surface area contributed by atoms with Gasteiger partial charge in [0.1, 0.15) is 91.6 Å². The first-order valence-electron chi connectivity index (χ1n) is 26.8. The maximum absolute atomic E-state index is 12.1. The SMILES string of the molecule is CC1CCC2(OC1)OC1CC3C4CC(O)C5CC(OC6OC(CO)C(OC7OC(CO)C(O)C(OC8OCC(O)C(O)C8O)C7OC7OC(CO)C(O)C(O)C7O)C(O)C6O)CCC5(C)C4CCC3(C)C1C2C. The quantitative estimate of drug-likeness (QED) is 0.0902. The lowest BCUT2D eigenvalue weighted by Crippen LogP contribution is -2.68. The molecule has 10 rings (SSSR count). The Balaban J connectivity index is 0.822. The molecule has 23 nitrogen and oxygen atoms in total. The summed E-state index contributed by atoms with van der Waals surface area (Å²) in [5.74, 6) is 1.71. The number of hydrogen-bond donors (Lipinski definition) is 13. The molecule has 0 bridgehead atoms. The van der Waals surface area contributed by atoms with Crippen LogP contribution >= 0.6 is 0 Å². The highest BCUT2D eigenvalue weighted by Crippen LogP contribution is 2.71. The second-order valence-corrected chi connectivity index (χ2v) is 24.0. The summed E-state index contributed by atoms with van der Waals surface area (Å²) >= 11 is 0. The number of aliphatic hydroxyl groups is 13. The lowest BCUT2D eigenvalue weighted by Gasteiger charge is -2.62. The maximum Gasteiger partial charge on any atom is 0.187 e. The summed E-state index contributed by atoms with van der Waals surface area (Å²) in [6, 6.07) is 0. The van der Waals surface area contributed by atoms with Crippen LogP contribution in [0.2, 0.25) is 0 Å². The van der Waals surface area contributed by atoms with Crippen LogP contribution in [0.3, 0.4) is 0 Å². The Bertz CT molecular complexity index is 1860. The number of hydrogen-bond acceptors (Lipinski definition) is 23. The second kappa shape index (κ2) is 21.3. The number of aliphatic hydroxyl groups excluding tert-OH is 13. The highest BCUT2D eigenvalue weighted by atomic mass is 16.8. The molecular weight excluding hydrogens is 969 g/mol. The average Bonchev–Trinajstić information content (AvgIpc) is 3.82. The largest absolute Gasteiger partial charge is 0.394 e. The zero-order valence-electron chi connectivity index (χ0n) is 42.0. The molecule has 73 heavy (non-hydrogen) atoms. The van der Waals surface area contributed by atoms with Crippen LogP contribution in [0.5, 0.6) is 0 Å². The van der Waals surface area contributed by atoms with Gasteiger partial charge in [-0.05, 0) is 97.7 Å². The van der Waals surface area contributed by atoms with Crippen LogP contribution in [0.15, 0.2) is 0 Å². The first-order valence-corrected chi connectivity index (χ1v) is 26.8. The first-order chi connectivity index (χ1) is 34.7. The van der Waals surface area contributed by atoms with Crippen molar-refractivity contribution in [1.82, 2.24) is 0 Å². The van der Waals surface area contributed by atoms with E-state index < -0.39 is 161 Å². The van der Waals surface area contributed by atoms with Gasteiger partial charge in [0.25, 0.3) is 0 Å².